The summed E-state index contributed by atoms with van der Waals surface area (Å²) in [6.07, 6.45) is 2.29. The van der Waals surface area contributed by atoms with E-state index in [4.69, 9.17) is 5.73 Å². The van der Waals surface area contributed by atoms with Crippen molar-refractivity contribution in [2.75, 3.05) is 5.32 Å². The predicted octanol–water partition coefficient (Wildman–Crippen LogP) is 3.57. The molecule has 1 atom stereocenters. The number of hydrogen-bond donors (Lipinski definition) is 2. The Labute approximate surface area is 116 Å². The highest BCUT2D eigenvalue weighted by Gasteiger charge is 2.14. The van der Waals surface area contributed by atoms with E-state index in [-0.39, 0.29) is 11.9 Å². The summed E-state index contributed by atoms with van der Waals surface area (Å²) in [6.45, 7) is 8.37. The van der Waals surface area contributed by atoms with Gasteiger partial charge in [-0.15, -0.1) is 0 Å². The fourth-order valence-electron chi connectivity index (χ4n) is 2.24. The van der Waals surface area contributed by atoms with E-state index in [1.165, 1.54) is 5.56 Å². The standard InChI is InChI=1S/C16H26N2O/c1-5-7-13(17)10-15(19)18-16-12(4)8-6-9-14(16)11(2)3/h6,8-9,11,13H,5,7,10,17H2,1-4H3,(H,18,19). The molecule has 0 bridgehead atoms. The lowest BCUT2D eigenvalue weighted by Gasteiger charge is -2.17. The Kier molecular flexibility index (Phi) is 6.03. The molecule has 0 spiro atoms. The average molecular weight is 262 g/mol. The molecular formula is C16H26N2O. The Morgan fingerprint density at radius 2 is 2.05 bits per heavy atom. The number of anilines is 1. The van der Waals surface area contributed by atoms with Crippen molar-refractivity contribution < 1.29 is 4.79 Å². The summed E-state index contributed by atoms with van der Waals surface area (Å²) in [7, 11) is 0. The second-order valence-corrected chi connectivity index (χ2v) is 5.49. The first kappa shape index (κ1) is 15.7. The second kappa shape index (κ2) is 7.29. The second-order valence-electron chi connectivity index (χ2n) is 5.49. The van der Waals surface area contributed by atoms with E-state index >= 15 is 0 Å². The van der Waals surface area contributed by atoms with Crippen LogP contribution in [0.5, 0.6) is 0 Å². The molecule has 1 aromatic carbocycles. The van der Waals surface area contributed by atoms with E-state index in [0.29, 0.717) is 12.3 Å². The molecule has 0 saturated heterocycles. The number of benzene rings is 1. The monoisotopic (exact) mass is 262 g/mol. The van der Waals surface area contributed by atoms with Crippen molar-refractivity contribution >= 4 is 11.6 Å². The maximum Gasteiger partial charge on any atom is 0.225 e. The number of aryl methyl sites for hydroxylation is 1. The van der Waals surface area contributed by atoms with Gasteiger partial charge in [-0.1, -0.05) is 45.4 Å². The molecule has 0 aromatic heterocycles. The van der Waals surface area contributed by atoms with Gasteiger partial charge < -0.3 is 11.1 Å². The lowest BCUT2D eigenvalue weighted by atomic mass is 9.98. The number of carbonyl (C=O) groups excluding carboxylic acids is 1. The van der Waals surface area contributed by atoms with Crippen molar-refractivity contribution in [3.8, 4) is 0 Å². The maximum absolute atomic E-state index is 12.0. The summed E-state index contributed by atoms with van der Waals surface area (Å²) in [5, 5.41) is 3.03. The van der Waals surface area contributed by atoms with Crippen LogP contribution in [0.2, 0.25) is 0 Å². The van der Waals surface area contributed by atoms with Gasteiger partial charge in [0.15, 0.2) is 0 Å². The van der Waals surface area contributed by atoms with Gasteiger partial charge in [-0.3, -0.25) is 4.79 Å². The molecule has 1 amide bonds. The van der Waals surface area contributed by atoms with Crippen LogP contribution < -0.4 is 11.1 Å². The summed E-state index contributed by atoms with van der Waals surface area (Å²) in [6, 6.07) is 6.08. The third-order valence-corrected chi connectivity index (χ3v) is 3.30. The van der Waals surface area contributed by atoms with Crippen molar-refractivity contribution in [1.82, 2.24) is 0 Å². The number of carbonyl (C=O) groups is 1. The molecule has 1 rings (SSSR count). The van der Waals surface area contributed by atoms with Crippen molar-refractivity contribution in [1.29, 1.82) is 0 Å². The van der Waals surface area contributed by atoms with Gasteiger partial charge in [0.2, 0.25) is 5.91 Å². The Morgan fingerprint density at radius 1 is 1.37 bits per heavy atom. The van der Waals surface area contributed by atoms with Gasteiger partial charge in [0, 0.05) is 18.2 Å². The molecule has 1 unspecified atom stereocenters. The minimum absolute atomic E-state index is 0.0112. The van der Waals surface area contributed by atoms with Crippen LogP contribution >= 0.6 is 0 Å². The van der Waals surface area contributed by atoms with E-state index in [1.54, 1.807) is 0 Å². The zero-order chi connectivity index (χ0) is 14.4. The van der Waals surface area contributed by atoms with Crippen molar-refractivity contribution in [2.24, 2.45) is 5.73 Å². The van der Waals surface area contributed by atoms with Gasteiger partial charge in [0.05, 0.1) is 0 Å². The molecule has 3 heteroatoms. The largest absolute Gasteiger partial charge is 0.327 e. The van der Waals surface area contributed by atoms with Crippen LogP contribution in [0.3, 0.4) is 0 Å². The molecule has 0 radical (unpaired) electrons. The summed E-state index contributed by atoms with van der Waals surface area (Å²) >= 11 is 0. The predicted molar refractivity (Wildman–Crippen MR) is 81.4 cm³/mol. The topological polar surface area (TPSA) is 55.1 Å². The Bertz CT molecular complexity index is 427. The third-order valence-electron chi connectivity index (χ3n) is 3.30. The smallest absolute Gasteiger partial charge is 0.225 e. The molecule has 0 saturated carbocycles. The van der Waals surface area contributed by atoms with Gasteiger partial charge in [-0.25, -0.2) is 0 Å². The highest BCUT2D eigenvalue weighted by atomic mass is 16.1. The van der Waals surface area contributed by atoms with Crippen molar-refractivity contribution in [3.05, 3.63) is 29.3 Å². The summed E-state index contributed by atoms with van der Waals surface area (Å²) in [5.41, 5.74) is 9.14. The average Bonchev–Trinajstić information content (AvgIpc) is 2.31. The molecule has 106 valence electrons. The number of nitrogens with two attached hydrogens (primary N) is 1. The lowest BCUT2D eigenvalue weighted by Crippen LogP contribution is -2.27. The number of para-hydroxylation sites is 1. The fraction of sp³-hybridized carbons (Fsp3) is 0.562. The van der Waals surface area contributed by atoms with Crippen LogP contribution in [0, 0.1) is 6.92 Å². The zero-order valence-corrected chi connectivity index (χ0v) is 12.5. The number of nitrogens with one attached hydrogen (secondary N) is 1. The molecule has 0 aliphatic rings. The van der Waals surface area contributed by atoms with Crippen LogP contribution in [-0.4, -0.2) is 11.9 Å². The Balaban J connectivity index is 2.79. The van der Waals surface area contributed by atoms with Crippen LogP contribution in [-0.2, 0) is 4.79 Å². The first-order valence-electron chi connectivity index (χ1n) is 7.10. The third kappa shape index (κ3) is 4.67. The van der Waals surface area contributed by atoms with E-state index < -0.39 is 0 Å². The summed E-state index contributed by atoms with van der Waals surface area (Å²) in [4.78, 5) is 12.0. The first-order chi connectivity index (χ1) is 8.95. The molecular weight excluding hydrogens is 236 g/mol. The lowest BCUT2D eigenvalue weighted by molar-refractivity contribution is -0.116. The van der Waals surface area contributed by atoms with Gasteiger partial charge >= 0.3 is 0 Å². The van der Waals surface area contributed by atoms with Gasteiger partial charge in [-0.05, 0) is 30.4 Å². The van der Waals surface area contributed by atoms with Crippen LogP contribution in [0.25, 0.3) is 0 Å². The quantitative estimate of drug-likeness (QED) is 0.823. The highest BCUT2D eigenvalue weighted by molar-refractivity contribution is 5.92. The molecule has 3 nitrogen and oxygen atoms in total. The highest BCUT2D eigenvalue weighted by Crippen LogP contribution is 2.27. The first-order valence-corrected chi connectivity index (χ1v) is 7.10. The summed E-state index contributed by atoms with van der Waals surface area (Å²) in [5.74, 6) is 0.400. The fourth-order valence-corrected chi connectivity index (χ4v) is 2.24. The van der Waals surface area contributed by atoms with Crippen molar-refractivity contribution in [2.45, 2.75) is 58.9 Å². The molecule has 0 aliphatic heterocycles. The minimum atomic E-state index is -0.0449. The van der Waals surface area contributed by atoms with Gasteiger partial charge in [0.25, 0.3) is 0 Å². The zero-order valence-electron chi connectivity index (χ0n) is 12.5. The molecule has 1 aromatic rings. The van der Waals surface area contributed by atoms with Crippen LogP contribution in [0.1, 0.15) is 57.1 Å². The molecule has 0 fully saturated rings. The molecule has 0 heterocycles. The van der Waals surface area contributed by atoms with Crippen molar-refractivity contribution in [3.63, 3.8) is 0 Å². The van der Waals surface area contributed by atoms with Gasteiger partial charge in [-0.2, -0.15) is 0 Å². The van der Waals surface area contributed by atoms with E-state index in [2.05, 4.69) is 32.2 Å². The number of hydrogen-bond acceptors (Lipinski definition) is 2. The SMILES string of the molecule is CCCC(N)CC(=O)Nc1c(C)cccc1C(C)C. The van der Waals surface area contributed by atoms with Crippen LogP contribution in [0.4, 0.5) is 5.69 Å². The van der Waals surface area contributed by atoms with E-state index in [9.17, 15) is 4.79 Å². The number of amides is 1. The van der Waals surface area contributed by atoms with E-state index in [0.717, 1.165) is 24.1 Å². The Hall–Kier alpha value is -1.35. The minimum Gasteiger partial charge on any atom is -0.327 e. The normalized spacial score (nSPS) is 12.5. The summed E-state index contributed by atoms with van der Waals surface area (Å²) < 4.78 is 0. The molecule has 0 aliphatic carbocycles. The molecule has 3 N–H and O–H groups in total. The van der Waals surface area contributed by atoms with Crippen LogP contribution in [0.15, 0.2) is 18.2 Å². The van der Waals surface area contributed by atoms with E-state index in [1.807, 2.05) is 19.1 Å². The molecule has 19 heavy (non-hydrogen) atoms. The maximum atomic E-state index is 12.0. The van der Waals surface area contributed by atoms with Gasteiger partial charge in [0.1, 0.15) is 0 Å². The Morgan fingerprint density at radius 3 is 2.63 bits per heavy atom. The number of rotatable bonds is 6.